The lowest BCUT2D eigenvalue weighted by Gasteiger charge is -2.14. The minimum atomic E-state index is -0.445. The molecule has 102 valence electrons. The van der Waals surface area contributed by atoms with Crippen LogP contribution in [0, 0.1) is 17.1 Å². The second-order valence-electron chi connectivity index (χ2n) is 4.36. The van der Waals surface area contributed by atoms with Crippen molar-refractivity contribution in [2.75, 3.05) is 7.11 Å². The van der Waals surface area contributed by atoms with Crippen molar-refractivity contribution < 1.29 is 9.13 Å². The third-order valence-corrected chi connectivity index (χ3v) is 3.45. The van der Waals surface area contributed by atoms with Crippen LogP contribution in [0.1, 0.15) is 17.0 Å². The van der Waals surface area contributed by atoms with Gasteiger partial charge in [0.25, 0.3) is 0 Å². The van der Waals surface area contributed by atoms with Crippen molar-refractivity contribution in [1.82, 2.24) is 0 Å². The third-order valence-electron chi connectivity index (χ3n) is 3.10. The van der Waals surface area contributed by atoms with Crippen molar-refractivity contribution >= 4 is 11.6 Å². The van der Waals surface area contributed by atoms with E-state index in [-0.39, 0.29) is 5.82 Å². The Morgan fingerprint density at radius 2 is 2.05 bits per heavy atom. The summed E-state index contributed by atoms with van der Waals surface area (Å²) < 4.78 is 18.6. The molecule has 0 aliphatic carbocycles. The monoisotopic (exact) mass is 289 g/mol. The Labute approximate surface area is 122 Å². The Balaban J connectivity index is 2.35. The highest BCUT2D eigenvalue weighted by Gasteiger charge is 2.17. The Bertz CT molecular complexity index is 651. The van der Waals surface area contributed by atoms with Crippen molar-refractivity contribution in [3.63, 3.8) is 0 Å². The van der Waals surface area contributed by atoms with E-state index < -0.39 is 5.92 Å². The van der Waals surface area contributed by atoms with Crippen molar-refractivity contribution in [1.29, 1.82) is 5.26 Å². The molecule has 0 aromatic heterocycles. The summed E-state index contributed by atoms with van der Waals surface area (Å²) in [7, 11) is 1.52. The number of nitriles is 1. The topological polar surface area (TPSA) is 33.0 Å². The first-order valence-electron chi connectivity index (χ1n) is 6.12. The maximum absolute atomic E-state index is 13.4. The molecular weight excluding hydrogens is 277 g/mol. The van der Waals surface area contributed by atoms with Crippen LogP contribution in [0.25, 0.3) is 0 Å². The molecule has 1 atom stereocenters. The van der Waals surface area contributed by atoms with Gasteiger partial charge >= 0.3 is 0 Å². The molecule has 0 heterocycles. The molecule has 0 saturated heterocycles. The number of rotatable bonds is 4. The smallest absolute Gasteiger partial charge is 0.123 e. The van der Waals surface area contributed by atoms with Crippen LogP contribution < -0.4 is 4.74 Å². The SMILES string of the molecule is COc1ccc(F)cc1CC(C#N)c1ccccc1Cl. The lowest BCUT2D eigenvalue weighted by atomic mass is 9.92. The summed E-state index contributed by atoms with van der Waals surface area (Å²) >= 11 is 6.11. The summed E-state index contributed by atoms with van der Waals surface area (Å²) in [5.41, 5.74) is 1.39. The zero-order valence-electron chi connectivity index (χ0n) is 10.9. The first kappa shape index (κ1) is 14.4. The molecule has 0 aliphatic heterocycles. The van der Waals surface area contributed by atoms with E-state index in [1.165, 1.54) is 19.2 Å². The average molecular weight is 290 g/mol. The van der Waals surface area contributed by atoms with Crippen molar-refractivity contribution in [3.05, 3.63) is 64.4 Å². The van der Waals surface area contributed by atoms with Gasteiger partial charge in [-0.2, -0.15) is 5.26 Å². The minimum absolute atomic E-state index is 0.348. The molecule has 0 amide bonds. The van der Waals surface area contributed by atoms with E-state index in [1.807, 2.05) is 18.2 Å². The molecule has 2 aromatic rings. The fourth-order valence-electron chi connectivity index (χ4n) is 2.11. The zero-order chi connectivity index (χ0) is 14.5. The van der Waals surface area contributed by atoms with E-state index in [4.69, 9.17) is 16.3 Å². The van der Waals surface area contributed by atoms with Crippen LogP contribution in [0.4, 0.5) is 4.39 Å². The van der Waals surface area contributed by atoms with E-state index in [2.05, 4.69) is 6.07 Å². The number of halogens is 2. The van der Waals surface area contributed by atoms with Crippen LogP contribution in [-0.4, -0.2) is 7.11 Å². The van der Waals surface area contributed by atoms with Gasteiger partial charge in [-0.15, -0.1) is 0 Å². The predicted molar refractivity (Wildman–Crippen MR) is 76.5 cm³/mol. The average Bonchev–Trinajstić information content (AvgIpc) is 2.46. The van der Waals surface area contributed by atoms with Gasteiger partial charge < -0.3 is 4.74 Å². The molecule has 0 radical (unpaired) electrons. The Kier molecular flexibility index (Phi) is 4.60. The molecule has 0 saturated carbocycles. The van der Waals surface area contributed by atoms with Gasteiger partial charge in [0.1, 0.15) is 11.6 Å². The molecular formula is C16H13ClFNO. The third kappa shape index (κ3) is 3.09. The summed E-state index contributed by atoms with van der Waals surface area (Å²) in [6.07, 6.45) is 0.348. The van der Waals surface area contributed by atoms with Gasteiger partial charge in [0.15, 0.2) is 0 Å². The molecule has 0 fully saturated rings. The first-order chi connectivity index (χ1) is 9.65. The van der Waals surface area contributed by atoms with Gasteiger partial charge in [-0.05, 0) is 41.8 Å². The van der Waals surface area contributed by atoms with E-state index >= 15 is 0 Å². The highest BCUT2D eigenvalue weighted by molar-refractivity contribution is 6.31. The summed E-state index contributed by atoms with van der Waals surface area (Å²) in [6, 6.07) is 13.7. The fourth-order valence-corrected chi connectivity index (χ4v) is 2.38. The first-order valence-corrected chi connectivity index (χ1v) is 6.50. The Morgan fingerprint density at radius 3 is 2.70 bits per heavy atom. The number of benzene rings is 2. The quantitative estimate of drug-likeness (QED) is 0.839. The van der Waals surface area contributed by atoms with Gasteiger partial charge in [-0.1, -0.05) is 29.8 Å². The van der Waals surface area contributed by atoms with E-state index in [0.717, 1.165) is 5.56 Å². The van der Waals surface area contributed by atoms with E-state index in [9.17, 15) is 9.65 Å². The number of hydrogen-bond acceptors (Lipinski definition) is 2. The van der Waals surface area contributed by atoms with Gasteiger partial charge in [0.2, 0.25) is 0 Å². The highest BCUT2D eigenvalue weighted by Crippen LogP contribution is 2.30. The Morgan fingerprint density at radius 1 is 1.30 bits per heavy atom. The molecule has 2 nitrogen and oxygen atoms in total. The molecule has 20 heavy (non-hydrogen) atoms. The maximum Gasteiger partial charge on any atom is 0.123 e. The lowest BCUT2D eigenvalue weighted by Crippen LogP contribution is -2.03. The molecule has 0 N–H and O–H groups in total. The van der Waals surface area contributed by atoms with Crippen LogP contribution >= 0.6 is 11.6 Å². The standard InChI is InChI=1S/C16H13ClFNO/c1-20-16-7-6-13(18)9-11(16)8-12(10-19)14-4-2-3-5-15(14)17/h2-7,9,12H,8H2,1H3. The molecule has 2 rings (SSSR count). The van der Waals surface area contributed by atoms with Crippen LogP contribution in [0.15, 0.2) is 42.5 Å². The van der Waals surface area contributed by atoms with Crippen molar-refractivity contribution in [3.8, 4) is 11.8 Å². The highest BCUT2D eigenvalue weighted by atomic mass is 35.5. The maximum atomic E-state index is 13.4. The second kappa shape index (κ2) is 6.40. The lowest BCUT2D eigenvalue weighted by molar-refractivity contribution is 0.407. The summed E-state index contributed by atoms with van der Waals surface area (Å²) in [5, 5.41) is 9.89. The second-order valence-corrected chi connectivity index (χ2v) is 4.77. The predicted octanol–water partition coefficient (Wildman–Crippen LogP) is 4.34. The zero-order valence-corrected chi connectivity index (χ0v) is 11.7. The summed E-state index contributed by atoms with van der Waals surface area (Å²) in [4.78, 5) is 0. The number of methoxy groups -OCH3 is 1. The largest absolute Gasteiger partial charge is 0.496 e. The van der Waals surface area contributed by atoms with Crippen molar-refractivity contribution in [2.24, 2.45) is 0 Å². The summed E-state index contributed by atoms with van der Waals surface area (Å²) in [6.45, 7) is 0. The molecule has 4 heteroatoms. The number of ether oxygens (including phenoxy) is 1. The van der Waals surface area contributed by atoms with Crippen LogP contribution in [0.5, 0.6) is 5.75 Å². The van der Waals surface area contributed by atoms with E-state index in [0.29, 0.717) is 22.8 Å². The summed E-state index contributed by atoms with van der Waals surface area (Å²) in [5.74, 6) is -0.227. The molecule has 0 bridgehead atoms. The minimum Gasteiger partial charge on any atom is -0.496 e. The number of nitrogens with zero attached hydrogens (tertiary/aromatic N) is 1. The number of hydrogen-bond donors (Lipinski definition) is 0. The van der Waals surface area contributed by atoms with E-state index in [1.54, 1.807) is 12.1 Å². The molecule has 2 aromatic carbocycles. The normalized spacial score (nSPS) is 11.7. The fraction of sp³-hybridized carbons (Fsp3) is 0.188. The van der Waals surface area contributed by atoms with Gasteiger partial charge in [-0.3, -0.25) is 0 Å². The van der Waals surface area contributed by atoms with Gasteiger partial charge in [0.05, 0.1) is 19.1 Å². The van der Waals surface area contributed by atoms with Crippen LogP contribution in [0.3, 0.4) is 0 Å². The molecule has 0 aliphatic rings. The Hall–Kier alpha value is -2.05. The van der Waals surface area contributed by atoms with Crippen molar-refractivity contribution in [2.45, 2.75) is 12.3 Å². The van der Waals surface area contributed by atoms with Crippen LogP contribution in [0.2, 0.25) is 5.02 Å². The molecule has 0 spiro atoms. The van der Waals surface area contributed by atoms with Gasteiger partial charge in [-0.25, -0.2) is 4.39 Å². The van der Waals surface area contributed by atoms with Crippen LogP contribution in [-0.2, 0) is 6.42 Å². The van der Waals surface area contributed by atoms with Gasteiger partial charge in [0, 0.05) is 5.02 Å². The molecule has 1 unspecified atom stereocenters.